The van der Waals surface area contributed by atoms with Gasteiger partial charge in [0.1, 0.15) is 5.69 Å². The third-order valence-electron chi connectivity index (χ3n) is 3.61. The number of morpholine rings is 1. The summed E-state index contributed by atoms with van der Waals surface area (Å²) in [5.41, 5.74) is 1.20. The zero-order valence-electron chi connectivity index (χ0n) is 11.8. The molecule has 110 valence electrons. The van der Waals surface area contributed by atoms with E-state index < -0.39 is 11.0 Å². The smallest absolute Gasteiger partial charge is 0.292 e. The van der Waals surface area contributed by atoms with E-state index in [9.17, 15) is 15.2 Å². The average molecular weight is 280 g/mol. The third kappa shape index (κ3) is 3.08. The molecule has 0 amide bonds. The Morgan fingerprint density at radius 3 is 2.95 bits per heavy atom. The van der Waals surface area contributed by atoms with Crippen LogP contribution in [-0.2, 0) is 4.74 Å². The van der Waals surface area contributed by atoms with Crippen LogP contribution in [0.5, 0.6) is 0 Å². The SMILES string of the molecule is CCC1CN(c2ccc([C@H](C)O)cc2[N+](=O)[O-])CCO1. The highest BCUT2D eigenvalue weighted by Gasteiger charge is 2.25. The van der Waals surface area contributed by atoms with Crippen LogP contribution in [0.15, 0.2) is 18.2 Å². The van der Waals surface area contributed by atoms with Crippen molar-refractivity contribution in [2.75, 3.05) is 24.6 Å². The molecule has 1 unspecified atom stereocenters. The van der Waals surface area contributed by atoms with E-state index in [2.05, 4.69) is 0 Å². The highest BCUT2D eigenvalue weighted by atomic mass is 16.6. The van der Waals surface area contributed by atoms with Gasteiger partial charge in [0, 0.05) is 19.2 Å². The zero-order valence-corrected chi connectivity index (χ0v) is 11.8. The molecular weight excluding hydrogens is 260 g/mol. The predicted octanol–water partition coefficient (Wildman–Crippen LogP) is 2.26. The van der Waals surface area contributed by atoms with Crippen LogP contribution in [0.1, 0.15) is 31.9 Å². The molecule has 1 N–H and O–H groups in total. The second-order valence-corrected chi connectivity index (χ2v) is 5.03. The van der Waals surface area contributed by atoms with E-state index in [4.69, 9.17) is 4.74 Å². The van der Waals surface area contributed by atoms with E-state index in [-0.39, 0.29) is 11.8 Å². The van der Waals surface area contributed by atoms with Crippen molar-refractivity contribution >= 4 is 11.4 Å². The van der Waals surface area contributed by atoms with Crippen molar-refractivity contribution in [2.24, 2.45) is 0 Å². The first-order valence-electron chi connectivity index (χ1n) is 6.86. The lowest BCUT2D eigenvalue weighted by atomic mass is 10.1. The van der Waals surface area contributed by atoms with E-state index in [1.54, 1.807) is 19.1 Å². The Labute approximate surface area is 118 Å². The average Bonchev–Trinajstić information content (AvgIpc) is 2.46. The van der Waals surface area contributed by atoms with E-state index in [1.165, 1.54) is 6.07 Å². The predicted molar refractivity (Wildman–Crippen MR) is 76.0 cm³/mol. The number of hydrogen-bond donors (Lipinski definition) is 1. The van der Waals surface area contributed by atoms with E-state index in [0.29, 0.717) is 30.9 Å². The van der Waals surface area contributed by atoms with Gasteiger partial charge in [0.2, 0.25) is 0 Å². The Kier molecular flexibility index (Phi) is 4.57. The molecule has 0 saturated carbocycles. The fourth-order valence-corrected chi connectivity index (χ4v) is 2.40. The van der Waals surface area contributed by atoms with Crippen molar-refractivity contribution in [3.8, 4) is 0 Å². The molecule has 1 heterocycles. The number of nitrogens with zero attached hydrogens (tertiary/aromatic N) is 2. The summed E-state index contributed by atoms with van der Waals surface area (Å²) in [5, 5.41) is 20.8. The van der Waals surface area contributed by atoms with Gasteiger partial charge in [0.15, 0.2) is 0 Å². The number of anilines is 1. The molecule has 6 nitrogen and oxygen atoms in total. The molecule has 2 atom stereocenters. The molecule has 1 aromatic carbocycles. The molecular formula is C14H20N2O4. The summed E-state index contributed by atoms with van der Waals surface area (Å²) in [6.07, 6.45) is 0.284. The van der Waals surface area contributed by atoms with Crippen molar-refractivity contribution in [1.82, 2.24) is 0 Å². The molecule has 1 saturated heterocycles. The van der Waals surface area contributed by atoms with Crippen LogP contribution in [0, 0.1) is 10.1 Å². The van der Waals surface area contributed by atoms with Gasteiger partial charge in [-0.2, -0.15) is 0 Å². The summed E-state index contributed by atoms with van der Waals surface area (Å²) < 4.78 is 5.59. The highest BCUT2D eigenvalue weighted by molar-refractivity contribution is 5.64. The standard InChI is InChI=1S/C14H20N2O4/c1-3-12-9-15(6-7-20-12)13-5-4-11(10(2)17)8-14(13)16(18)19/h4-5,8,10,12,17H,3,6-7,9H2,1-2H3/t10-,12?/m0/s1. The van der Waals surface area contributed by atoms with Crippen molar-refractivity contribution in [3.05, 3.63) is 33.9 Å². The molecule has 6 heteroatoms. The van der Waals surface area contributed by atoms with Gasteiger partial charge in [-0.15, -0.1) is 0 Å². The number of ether oxygens (including phenoxy) is 1. The molecule has 0 radical (unpaired) electrons. The van der Waals surface area contributed by atoms with Crippen LogP contribution in [-0.4, -0.2) is 35.8 Å². The topological polar surface area (TPSA) is 75.8 Å². The van der Waals surface area contributed by atoms with Crippen molar-refractivity contribution in [1.29, 1.82) is 0 Å². The number of aliphatic hydroxyl groups excluding tert-OH is 1. The minimum absolute atomic E-state index is 0.0418. The Morgan fingerprint density at radius 1 is 1.60 bits per heavy atom. The zero-order chi connectivity index (χ0) is 14.7. The van der Waals surface area contributed by atoms with Crippen LogP contribution < -0.4 is 4.90 Å². The molecule has 1 aliphatic heterocycles. The summed E-state index contributed by atoms with van der Waals surface area (Å²) in [4.78, 5) is 12.9. The van der Waals surface area contributed by atoms with E-state index in [0.717, 1.165) is 6.42 Å². The number of benzene rings is 1. The monoisotopic (exact) mass is 280 g/mol. The Balaban J connectivity index is 2.32. The third-order valence-corrected chi connectivity index (χ3v) is 3.61. The van der Waals surface area contributed by atoms with Gasteiger partial charge < -0.3 is 14.7 Å². The molecule has 1 aliphatic rings. The first-order chi connectivity index (χ1) is 9.52. The number of nitro groups is 1. The number of hydrogen-bond acceptors (Lipinski definition) is 5. The van der Waals surface area contributed by atoms with Gasteiger partial charge in [-0.3, -0.25) is 10.1 Å². The molecule has 2 rings (SSSR count). The second-order valence-electron chi connectivity index (χ2n) is 5.03. The summed E-state index contributed by atoms with van der Waals surface area (Å²) in [6, 6.07) is 4.91. The maximum absolute atomic E-state index is 11.3. The van der Waals surface area contributed by atoms with Gasteiger partial charge in [0.05, 0.1) is 23.7 Å². The Hall–Kier alpha value is -1.66. The van der Waals surface area contributed by atoms with Gasteiger partial charge >= 0.3 is 0 Å². The molecule has 0 spiro atoms. The first-order valence-corrected chi connectivity index (χ1v) is 6.86. The maximum atomic E-state index is 11.3. The Bertz CT molecular complexity index is 490. The molecule has 0 bridgehead atoms. The van der Waals surface area contributed by atoms with Crippen molar-refractivity contribution in [2.45, 2.75) is 32.5 Å². The summed E-state index contributed by atoms with van der Waals surface area (Å²) >= 11 is 0. The lowest BCUT2D eigenvalue weighted by molar-refractivity contribution is -0.384. The van der Waals surface area contributed by atoms with Crippen LogP contribution in [0.2, 0.25) is 0 Å². The molecule has 1 aromatic rings. The highest BCUT2D eigenvalue weighted by Crippen LogP contribution is 2.32. The van der Waals surface area contributed by atoms with Gasteiger partial charge in [-0.05, 0) is 25.0 Å². The fourth-order valence-electron chi connectivity index (χ4n) is 2.40. The van der Waals surface area contributed by atoms with Gasteiger partial charge in [-0.1, -0.05) is 13.0 Å². The molecule has 20 heavy (non-hydrogen) atoms. The van der Waals surface area contributed by atoms with E-state index in [1.807, 2.05) is 11.8 Å². The van der Waals surface area contributed by atoms with Crippen molar-refractivity contribution < 1.29 is 14.8 Å². The molecule has 0 aromatic heterocycles. The van der Waals surface area contributed by atoms with Crippen molar-refractivity contribution in [3.63, 3.8) is 0 Å². The minimum atomic E-state index is -0.712. The first kappa shape index (κ1) is 14.7. The molecule has 0 aliphatic carbocycles. The number of nitro benzene ring substituents is 1. The quantitative estimate of drug-likeness (QED) is 0.676. The largest absolute Gasteiger partial charge is 0.389 e. The van der Waals surface area contributed by atoms with Crippen LogP contribution in [0.4, 0.5) is 11.4 Å². The minimum Gasteiger partial charge on any atom is -0.389 e. The summed E-state index contributed by atoms with van der Waals surface area (Å²) in [5.74, 6) is 0. The van der Waals surface area contributed by atoms with Gasteiger partial charge in [-0.25, -0.2) is 0 Å². The summed E-state index contributed by atoms with van der Waals surface area (Å²) in [6.45, 7) is 5.52. The number of aliphatic hydroxyl groups is 1. The maximum Gasteiger partial charge on any atom is 0.292 e. The van der Waals surface area contributed by atoms with Crippen LogP contribution >= 0.6 is 0 Å². The van der Waals surface area contributed by atoms with Crippen LogP contribution in [0.3, 0.4) is 0 Å². The normalized spacial score (nSPS) is 20.8. The summed E-state index contributed by atoms with van der Waals surface area (Å²) in [7, 11) is 0. The van der Waals surface area contributed by atoms with Gasteiger partial charge in [0.25, 0.3) is 5.69 Å². The lowest BCUT2D eigenvalue weighted by Gasteiger charge is -2.33. The molecule has 1 fully saturated rings. The van der Waals surface area contributed by atoms with E-state index >= 15 is 0 Å². The van der Waals surface area contributed by atoms with Crippen LogP contribution in [0.25, 0.3) is 0 Å². The Morgan fingerprint density at radius 2 is 2.35 bits per heavy atom. The second kappa shape index (κ2) is 6.19. The number of rotatable bonds is 4. The fraction of sp³-hybridized carbons (Fsp3) is 0.571. The lowest BCUT2D eigenvalue weighted by Crippen LogP contribution is -2.42.